The maximum atomic E-state index is 12.3. The lowest BCUT2D eigenvalue weighted by Gasteiger charge is -2.15. The predicted octanol–water partition coefficient (Wildman–Crippen LogP) is 3.50. The summed E-state index contributed by atoms with van der Waals surface area (Å²) >= 11 is 0. The molecule has 1 saturated heterocycles. The Hall–Kier alpha value is -1.88. The summed E-state index contributed by atoms with van der Waals surface area (Å²) in [6, 6.07) is 7.18. The largest absolute Gasteiger partial charge is 0.368 e. The third kappa shape index (κ3) is 5.64. The molecule has 2 amide bonds. The van der Waals surface area contributed by atoms with E-state index >= 15 is 0 Å². The number of benzene rings is 1. The second-order valence-corrected chi connectivity index (χ2v) is 6.44. The van der Waals surface area contributed by atoms with Crippen LogP contribution in [0, 0.1) is 0 Å². The number of carbonyl (C=O) groups excluding carboxylic acids is 2. The molecule has 0 saturated carbocycles. The molecule has 24 heavy (non-hydrogen) atoms. The molecule has 1 aliphatic heterocycles. The van der Waals surface area contributed by atoms with Crippen LogP contribution < -0.4 is 10.6 Å². The molecule has 0 aliphatic carbocycles. The number of carbonyl (C=O) groups is 2. The molecule has 0 bridgehead atoms. The molecule has 1 heterocycles. The molecule has 2 atom stereocenters. The Balaban J connectivity index is 1.88. The minimum atomic E-state index is -0.374. The number of anilines is 1. The monoisotopic (exact) mass is 332 g/mol. The fourth-order valence-electron chi connectivity index (χ4n) is 2.83. The quantitative estimate of drug-likeness (QED) is 0.716. The molecule has 2 unspecified atom stereocenters. The van der Waals surface area contributed by atoms with E-state index in [-0.39, 0.29) is 24.0 Å². The summed E-state index contributed by atoms with van der Waals surface area (Å²) in [5.74, 6) is -0.245. The summed E-state index contributed by atoms with van der Waals surface area (Å²) in [5, 5.41) is 5.84. The highest BCUT2D eigenvalue weighted by atomic mass is 16.5. The lowest BCUT2D eigenvalue weighted by molar-refractivity contribution is -0.124. The molecule has 5 heteroatoms. The van der Waals surface area contributed by atoms with Crippen LogP contribution in [0.3, 0.4) is 0 Å². The molecule has 0 radical (unpaired) electrons. The highest BCUT2D eigenvalue weighted by Crippen LogP contribution is 2.16. The Morgan fingerprint density at radius 2 is 2.17 bits per heavy atom. The minimum absolute atomic E-state index is 0.104. The molecule has 2 N–H and O–H groups in total. The molecule has 1 aliphatic rings. The van der Waals surface area contributed by atoms with E-state index in [2.05, 4.69) is 17.6 Å². The van der Waals surface area contributed by atoms with Crippen molar-refractivity contribution in [3.63, 3.8) is 0 Å². The van der Waals surface area contributed by atoms with Gasteiger partial charge in [0.25, 0.3) is 11.8 Å². The van der Waals surface area contributed by atoms with E-state index in [1.807, 2.05) is 6.92 Å². The van der Waals surface area contributed by atoms with E-state index in [4.69, 9.17) is 4.74 Å². The van der Waals surface area contributed by atoms with Crippen molar-refractivity contribution in [2.75, 3.05) is 11.9 Å². The summed E-state index contributed by atoms with van der Waals surface area (Å²) in [5.41, 5.74) is 1.18. The van der Waals surface area contributed by atoms with Crippen molar-refractivity contribution in [3.8, 4) is 0 Å². The standard InChI is InChI=1S/C19H28N2O3/c1-3-4-5-8-14(2)20-18(22)15-9-6-10-16(13-15)21-19(23)17-11-7-12-24-17/h6,9-10,13-14,17H,3-5,7-8,11-12H2,1-2H3,(H,20,22)(H,21,23). The zero-order chi connectivity index (χ0) is 17.4. The van der Waals surface area contributed by atoms with Gasteiger partial charge in [0.15, 0.2) is 0 Å². The predicted molar refractivity (Wildman–Crippen MR) is 95.1 cm³/mol. The van der Waals surface area contributed by atoms with Crippen LogP contribution in [0.1, 0.15) is 62.7 Å². The highest BCUT2D eigenvalue weighted by Gasteiger charge is 2.23. The summed E-state index contributed by atoms with van der Waals surface area (Å²) in [6.07, 6.45) is 5.75. The van der Waals surface area contributed by atoms with E-state index in [0.717, 1.165) is 25.7 Å². The second-order valence-electron chi connectivity index (χ2n) is 6.44. The van der Waals surface area contributed by atoms with Crippen LogP contribution in [0.25, 0.3) is 0 Å². The van der Waals surface area contributed by atoms with Crippen molar-refractivity contribution < 1.29 is 14.3 Å². The molecule has 5 nitrogen and oxygen atoms in total. The van der Waals surface area contributed by atoms with E-state index in [9.17, 15) is 9.59 Å². The van der Waals surface area contributed by atoms with Gasteiger partial charge >= 0.3 is 0 Å². The zero-order valence-electron chi connectivity index (χ0n) is 14.6. The Morgan fingerprint density at radius 3 is 2.88 bits per heavy atom. The lowest BCUT2D eigenvalue weighted by atomic mass is 10.1. The molecule has 1 aromatic carbocycles. The normalized spacial score (nSPS) is 18.2. The van der Waals surface area contributed by atoms with Crippen LogP contribution in [0.2, 0.25) is 0 Å². The Labute approximate surface area is 144 Å². The Morgan fingerprint density at radius 1 is 1.33 bits per heavy atom. The van der Waals surface area contributed by atoms with Gasteiger partial charge in [-0.15, -0.1) is 0 Å². The van der Waals surface area contributed by atoms with Crippen molar-refractivity contribution in [2.24, 2.45) is 0 Å². The van der Waals surface area contributed by atoms with Gasteiger partial charge in [-0.1, -0.05) is 32.3 Å². The molecule has 132 valence electrons. The second kappa shape index (κ2) is 9.42. The maximum Gasteiger partial charge on any atom is 0.253 e. The smallest absolute Gasteiger partial charge is 0.253 e. The topological polar surface area (TPSA) is 67.4 Å². The van der Waals surface area contributed by atoms with Gasteiger partial charge in [0.1, 0.15) is 6.10 Å². The summed E-state index contributed by atoms with van der Waals surface area (Å²) in [4.78, 5) is 24.4. The van der Waals surface area contributed by atoms with Gasteiger partial charge in [-0.2, -0.15) is 0 Å². The number of ether oxygens (including phenoxy) is 1. The minimum Gasteiger partial charge on any atom is -0.368 e. The molecular weight excluding hydrogens is 304 g/mol. The van der Waals surface area contributed by atoms with Crippen molar-refractivity contribution in [1.82, 2.24) is 5.32 Å². The molecule has 1 aromatic rings. The number of hydrogen-bond acceptors (Lipinski definition) is 3. The highest BCUT2D eigenvalue weighted by molar-refractivity contribution is 5.98. The van der Waals surface area contributed by atoms with Gasteiger partial charge in [0.2, 0.25) is 0 Å². The van der Waals surface area contributed by atoms with Gasteiger partial charge in [0, 0.05) is 23.9 Å². The Kier molecular flexibility index (Phi) is 7.25. The first-order valence-corrected chi connectivity index (χ1v) is 8.93. The average molecular weight is 332 g/mol. The molecule has 0 aromatic heterocycles. The van der Waals surface area contributed by atoms with Crippen LogP contribution in [-0.4, -0.2) is 30.6 Å². The van der Waals surface area contributed by atoms with Crippen LogP contribution in [-0.2, 0) is 9.53 Å². The first-order valence-electron chi connectivity index (χ1n) is 8.93. The van der Waals surface area contributed by atoms with E-state index in [1.54, 1.807) is 24.3 Å². The SMILES string of the molecule is CCCCCC(C)NC(=O)c1cccc(NC(=O)C2CCCO2)c1. The van der Waals surface area contributed by atoms with Crippen molar-refractivity contribution >= 4 is 17.5 Å². The fraction of sp³-hybridized carbons (Fsp3) is 0.579. The molecular formula is C19H28N2O3. The summed E-state index contributed by atoms with van der Waals surface area (Å²) < 4.78 is 5.37. The average Bonchev–Trinajstić information content (AvgIpc) is 3.10. The van der Waals surface area contributed by atoms with E-state index in [0.29, 0.717) is 17.9 Å². The van der Waals surface area contributed by atoms with Gasteiger partial charge in [-0.05, 0) is 44.4 Å². The van der Waals surface area contributed by atoms with Crippen LogP contribution >= 0.6 is 0 Å². The van der Waals surface area contributed by atoms with Crippen LogP contribution in [0.4, 0.5) is 5.69 Å². The first-order chi connectivity index (χ1) is 11.6. The van der Waals surface area contributed by atoms with Crippen LogP contribution in [0.5, 0.6) is 0 Å². The van der Waals surface area contributed by atoms with Crippen molar-refractivity contribution in [1.29, 1.82) is 0 Å². The lowest BCUT2D eigenvalue weighted by Crippen LogP contribution is -2.32. The molecule has 1 fully saturated rings. The summed E-state index contributed by atoms with van der Waals surface area (Å²) in [7, 11) is 0. The number of unbranched alkanes of at least 4 members (excludes halogenated alkanes) is 2. The number of rotatable bonds is 8. The number of hydrogen-bond donors (Lipinski definition) is 2. The van der Waals surface area contributed by atoms with Crippen LogP contribution in [0.15, 0.2) is 24.3 Å². The third-order valence-electron chi connectivity index (χ3n) is 4.23. The summed E-state index contributed by atoms with van der Waals surface area (Å²) in [6.45, 7) is 4.83. The van der Waals surface area contributed by atoms with Gasteiger partial charge < -0.3 is 15.4 Å². The van der Waals surface area contributed by atoms with Gasteiger partial charge in [-0.3, -0.25) is 9.59 Å². The van der Waals surface area contributed by atoms with E-state index in [1.165, 1.54) is 12.8 Å². The number of nitrogens with one attached hydrogen (secondary N) is 2. The first kappa shape index (κ1) is 18.5. The van der Waals surface area contributed by atoms with Gasteiger partial charge in [0.05, 0.1) is 0 Å². The molecule has 0 spiro atoms. The number of amides is 2. The third-order valence-corrected chi connectivity index (χ3v) is 4.23. The Bertz CT molecular complexity index is 553. The van der Waals surface area contributed by atoms with Crippen molar-refractivity contribution in [3.05, 3.63) is 29.8 Å². The molecule has 2 rings (SSSR count). The zero-order valence-corrected chi connectivity index (χ0v) is 14.6. The van der Waals surface area contributed by atoms with E-state index < -0.39 is 0 Å². The van der Waals surface area contributed by atoms with Gasteiger partial charge in [-0.25, -0.2) is 0 Å². The maximum absolute atomic E-state index is 12.3. The van der Waals surface area contributed by atoms with Crippen molar-refractivity contribution in [2.45, 2.75) is 64.5 Å². The fourth-order valence-corrected chi connectivity index (χ4v) is 2.83.